The van der Waals surface area contributed by atoms with Crippen LogP contribution in [0.1, 0.15) is 32.1 Å². The minimum absolute atomic E-state index is 0.860. The molecule has 0 amide bonds. The van der Waals surface area contributed by atoms with Gasteiger partial charge >= 0.3 is 0 Å². The molecule has 2 heterocycles. The largest absolute Gasteiger partial charge is 0.368 e. The van der Waals surface area contributed by atoms with Crippen molar-refractivity contribution in [3.63, 3.8) is 0 Å². The van der Waals surface area contributed by atoms with Gasteiger partial charge in [-0.2, -0.15) is 5.10 Å². The first-order chi connectivity index (χ1) is 9.84. The van der Waals surface area contributed by atoms with E-state index in [0.717, 1.165) is 40.1 Å². The summed E-state index contributed by atoms with van der Waals surface area (Å²) < 4.78 is 2.86. The Balaban J connectivity index is 1.48. The molecule has 2 aromatic heterocycles. The molecule has 2 unspecified atom stereocenters. The van der Waals surface area contributed by atoms with E-state index in [1.54, 1.807) is 6.20 Å². The third-order valence-corrected chi connectivity index (χ3v) is 5.56. The Morgan fingerprint density at radius 2 is 2.05 bits per heavy atom. The van der Waals surface area contributed by atoms with Gasteiger partial charge in [0.2, 0.25) is 0 Å². The van der Waals surface area contributed by atoms with Crippen molar-refractivity contribution < 1.29 is 0 Å². The lowest BCUT2D eigenvalue weighted by atomic mass is 10.1. The molecule has 2 fully saturated rings. The lowest BCUT2D eigenvalue weighted by Gasteiger charge is -2.08. The quantitative estimate of drug-likeness (QED) is 0.929. The van der Waals surface area contributed by atoms with Crippen molar-refractivity contribution in [2.45, 2.75) is 32.1 Å². The van der Waals surface area contributed by atoms with Crippen LogP contribution < -0.4 is 5.32 Å². The second kappa shape index (κ2) is 5.02. The maximum atomic E-state index is 4.47. The zero-order valence-corrected chi connectivity index (χ0v) is 13.0. The molecule has 0 radical (unpaired) electrons. The van der Waals surface area contributed by atoms with Crippen LogP contribution in [0.15, 0.2) is 23.1 Å². The summed E-state index contributed by atoms with van der Waals surface area (Å²) >= 11 is 3.55. The summed E-state index contributed by atoms with van der Waals surface area (Å²) in [7, 11) is 0. The van der Waals surface area contributed by atoms with Crippen molar-refractivity contribution in [2.24, 2.45) is 17.8 Å². The first-order valence-corrected chi connectivity index (χ1v) is 8.35. The van der Waals surface area contributed by atoms with Crippen molar-refractivity contribution in [3.05, 3.63) is 23.1 Å². The molecule has 2 saturated carbocycles. The fourth-order valence-electron chi connectivity index (χ4n) is 3.87. The molecule has 0 aliphatic heterocycles. The average molecular weight is 335 g/mol. The van der Waals surface area contributed by atoms with E-state index in [9.17, 15) is 0 Å². The minimum Gasteiger partial charge on any atom is -0.368 e. The molecule has 2 aliphatic rings. The highest BCUT2D eigenvalue weighted by atomic mass is 79.9. The monoisotopic (exact) mass is 334 g/mol. The Hall–Kier alpha value is -1.10. The van der Waals surface area contributed by atoms with Crippen molar-refractivity contribution >= 4 is 27.3 Å². The van der Waals surface area contributed by atoms with Crippen molar-refractivity contribution in [1.29, 1.82) is 0 Å². The summed E-state index contributed by atoms with van der Waals surface area (Å²) in [6.07, 6.45) is 12.7. The number of anilines is 1. The van der Waals surface area contributed by atoms with E-state index in [4.69, 9.17) is 0 Å². The van der Waals surface area contributed by atoms with Gasteiger partial charge in [0.1, 0.15) is 5.52 Å². The van der Waals surface area contributed by atoms with Crippen LogP contribution in [0.2, 0.25) is 0 Å². The van der Waals surface area contributed by atoms with Gasteiger partial charge in [-0.3, -0.25) is 0 Å². The molecule has 0 spiro atoms. The van der Waals surface area contributed by atoms with E-state index < -0.39 is 0 Å². The van der Waals surface area contributed by atoms with Crippen LogP contribution in [0.25, 0.3) is 5.52 Å². The topological polar surface area (TPSA) is 42.2 Å². The zero-order chi connectivity index (χ0) is 13.5. The molecule has 2 aromatic rings. The summed E-state index contributed by atoms with van der Waals surface area (Å²) in [6.45, 7) is 1.06. The molecular formula is C15H19BrN4. The van der Waals surface area contributed by atoms with Gasteiger partial charge in [0.25, 0.3) is 0 Å². The Bertz CT molecular complexity index is 611. The van der Waals surface area contributed by atoms with E-state index in [1.165, 1.54) is 32.1 Å². The molecule has 4 rings (SSSR count). The van der Waals surface area contributed by atoms with Crippen LogP contribution in [0, 0.1) is 17.8 Å². The molecular weight excluding hydrogens is 316 g/mol. The second-order valence-corrected chi connectivity index (χ2v) is 6.93. The molecule has 0 aromatic carbocycles. The number of fused-ring (bicyclic) bond motifs is 2. The molecule has 0 saturated heterocycles. The lowest BCUT2D eigenvalue weighted by molar-refractivity contribution is 0.581. The molecule has 2 atom stereocenters. The molecule has 0 bridgehead atoms. The third-order valence-electron chi connectivity index (χ3n) is 4.98. The van der Waals surface area contributed by atoms with Crippen LogP contribution in [0.5, 0.6) is 0 Å². The summed E-state index contributed by atoms with van der Waals surface area (Å²) in [5, 5.41) is 7.85. The predicted octanol–water partition coefficient (Wildman–Crippen LogP) is 3.73. The Morgan fingerprint density at radius 3 is 2.85 bits per heavy atom. The van der Waals surface area contributed by atoms with Gasteiger partial charge in [-0.1, -0.05) is 19.3 Å². The van der Waals surface area contributed by atoms with Crippen molar-refractivity contribution in [3.8, 4) is 0 Å². The fourth-order valence-corrected chi connectivity index (χ4v) is 4.33. The normalized spacial score (nSPS) is 28.9. The first-order valence-electron chi connectivity index (χ1n) is 7.56. The van der Waals surface area contributed by atoms with E-state index in [2.05, 4.69) is 31.3 Å². The maximum Gasteiger partial charge on any atom is 0.153 e. The van der Waals surface area contributed by atoms with E-state index in [0.29, 0.717) is 0 Å². The van der Waals surface area contributed by atoms with Crippen LogP contribution in [0.4, 0.5) is 5.82 Å². The standard InChI is InChI=1S/C15H19BrN4/c16-13-9-19-20-7-6-17-15(14(13)20)18-8-12-10-4-2-1-3-5-11(10)12/h6-7,9-12H,1-5,8H2,(H,17,18). The third kappa shape index (κ3) is 2.12. The van der Waals surface area contributed by atoms with Gasteiger partial charge in [-0.25, -0.2) is 9.50 Å². The molecule has 106 valence electrons. The van der Waals surface area contributed by atoms with Gasteiger partial charge in [0, 0.05) is 18.9 Å². The Morgan fingerprint density at radius 1 is 1.25 bits per heavy atom. The minimum atomic E-state index is 0.860. The SMILES string of the molecule is Brc1cnn2ccnc(NCC3C4CCCCCC43)c12. The van der Waals surface area contributed by atoms with Gasteiger partial charge in [0.05, 0.1) is 10.7 Å². The number of nitrogens with zero attached hydrogens (tertiary/aromatic N) is 3. The maximum absolute atomic E-state index is 4.47. The number of nitrogens with one attached hydrogen (secondary N) is 1. The van der Waals surface area contributed by atoms with E-state index >= 15 is 0 Å². The average Bonchev–Trinajstić information content (AvgIpc) is 3.06. The Kier molecular flexibility index (Phi) is 3.17. The van der Waals surface area contributed by atoms with E-state index in [-0.39, 0.29) is 0 Å². The van der Waals surface area contributed by atoms with Gasteiger partial charge in [0.15, 0.2) is 5.82 Å². The summed E-state index contributed by atoms with van der Waals surface area (Å²) in [4.78, 5) is 4.47. The van der Waals surface area contributed by atoms with Gasteiger partial charge in [-0.05, 0) is 46.5 Å². The number of rotatable bonds is 3. The van der Waals surface area contributed by atoms with Gasteiger partial charge in [-0.15, -0.1) is 0 Å². The molecule has 20 heavy (non-hydrogen) atoms. The highest BCUT2D eigenvalue weighted by Gasteiger charge is 2.48. The van der Waals surface area contributed by atoms with Crippen LogP contribution in [0.3, 0.4) is 0 Å². The number of halogens is 1. The molecule has 5 heteroatoms. The number of aromatic nitrogens is 3. The molecule has 2 aliphatic carbocycles. The zero-order valence-electron chi connectivity index (χ0n) is 11.4. The predicted molar refractivity (Wildman–Crippen MR) is 82.7 cm³/mol. The molecule has 1 N–H and O–H groups in total. The Labute approximate surface area is 127 Å². The summed E-state index contributed by atoms with van der Waals surface area (Å²) in [5.74, 6) is 3.74. The van der Waals surface area contributed by atoms with Crippen LogP contribution in [-0.4, -0.2) is 21.1 Å². The van der Waals surface area contributed by atoms with Crippen molar-refractivity contribution in [2.75, 3.05) is 11.9 Å². The fraction of sp³-hybridized carbons (Fsp3) is 0.600. The van der Waals surface area contributed by atoms with Crippen LogP contribution >= 0.6 is 15.9 Å². The number of hydrogen-bond donors (Lipinski definition) is 1. The lowest BCUT2D eigenvalue weighted by Crippen LogP contribution is -2.09. The van der Waals surface area contributed by atoms with Crippen molar-refractivity contribution in [1.82, 2.24) is 14.6 Å². The van der Waals surface area contributed by atoms with Gasteiger partial charge < -0.3 is 5.32 Å². The van der Waals surface area contributed by atoms with Crippen LogP contribution in [-0.2, 0) is 0 Å². The second-order valence-electron chi connectivity index (χ2n) is 6.07. The highest BCUT2D eigenvalue weighted by Crippen LogP contribution is 2.54. The molecule has 4 nitrogen and oxygen atoms in total. The smallest absolute Gasteiger partial charge is 0.153 e. The first kappa shape index (κ1) is 12.6. The summed E-state index contributed by atoms with van der Waals surface area (Å²) in [6, 6.07) is 0. The highest BCUT2D eigenvalue weighted by molar-refractivity contribution is 9.10. The van der Waals surface area contributed by atoms with E-state index in [1.807, 2.05) is 16.9 Å². The summed E-state index contributed by atoms with van der Waals surface area (Å²) in [5.41, 5.74) is 1.04. The number of hydrogen-bond acceptors (Lipinski definition) is 3.